The predicted octanol–water partition coefficient (Wildman–Crippen LogP) is 2.25. The van der Waals surface area contributed by atoms with Gasteiger partial charge >= 0.3 is 0 Å². The number of benzene rings is 1. The van der Waals surface area contributed by atoms with E-state index in [0.717, 1.165) is 18.9 Å². The fraction of sp³-hybridized carbons (Fsp3) is 0.286. The average Bonchev–Trinajstić information content (AvgIpc) is 2.93. The minimum Gasteiger partial charge on any atom is -0.491 e. The molecule has 3 rings (SSSR count). The first-order chi connectivity index (χ1) is 8.34. The standard InChI is InChI=1S/C14H16N2O/c1-16-8-4-5-11(16)9-15-13-10-17-14-7-3-2-6-12(13)14/h2-8,13,15H,9-10H2,1H3. The highest BCUT2D eigenvalue weighted by molar-refractivity contribution is 5.39. The summed E-state index contributed by atoms with van der Waals surface area (Å²) in [7, 11) is 2.07. The molecule has 1 aliphatic heterocycles. The number of nitrogens with one attached hydrogen (secondary N) is 1. The van der Waals surface area contributed by atoms with Gasteiger partial charge in [0, 0.05) is 31.0 Å². The maximum Gasteiger partial charge on any atom is 0.124 e. The van der Waals surface area contributed by atoms with Gasteiger partial charge in [-0.15, -0.1) is 0 Å². The summed E-state index contributed by atoms with van der Waals surface area (Å²) in [5, 5.41) is 3.54. The van der Waals surface area contributed by atoms with Gasteiger partial charge in [0.05, 0.1) is 6.04 Å². The molecule has 17 heavy (non-hydrogen) atoms. The third-order valence-electron chi connectivity index (χ3n) is 3.28. The Bertz CT molecular complexity index is 518. The minimum atomic E-state index is 0.307. The second-order valence-corrected chi connectivity index (χ2v) is 4.39. The maximum atomic E-state index is 5.64. The molecule has 0 saturated heterocycles. The maximum absolute atomic E-state index is 5.64. The summed E-state index contributed by atoms with van der Waals surface area (Å²) in [6.07, 6.45) is 2.07. The number of hydrogen-bond acceptors (Lipinski definition) is 2. The van der Waals surface area contributed by atoms with Crippen LogP contribution >= 0.6 is 0 Å². The Morgan fingerprint density at radius 1 is 1.29 bits per heavy atom. The van der Waals surface area contributed by atoms with Gasteiger partial charge in [0.15, 0.2) is 0 Å². The lowest BCUT2D eigenvalue weighted by Gasteiger charge is -2.12. The first-order valence-electron chi connectivity index (χ1n) is 5.90. The van der Waals surface area contributed by atoms with Crippen molar-refractivity contribution in [3.63, 3.8) is 0 Å². The molecule has 0 fully saturated rings. The molecule has 0 bridgehead atoms. The van der Waals surface area contributed by atoms with E-state index in [-0.39, 0.29) is 0 Å². The van der Waals surface area contributed by atoms with Crippen LogP contribution in [0.3, 0.4) is 0 Å². The zero-order valence-electron chi connectivity index (χ0n) is 9.89. The smallest absolute Gasteiger partial charge is 0.124 e. The number of fused-ring (bicyclic) bond motifs is 1. The number of para-hydroxylation sites is 1. The number of aromatic nitrogens is 1. The van der Waals surface area contributed by atoms with Crippen molar-refractivity contribution in [2.75, 3.05) is 6.61 Å². The fourth-order valence-electron chi connectivity index (χ4n) is 2.24. The van der Waals surface area contributed by atoms with Gasteiger partial charge in [-0.1, -0.05) is 18.2 Å². The third kappa shape index (κ3) is 1.94. The Labute approximate surface area is 101 Å². The van der Waals surface area contributed by atoms with Crippen LogP contribution in [0.1, 0.15) is 17.3 Å². The fourth-order valence-corrected chi connectivity index (χ4v) is 2.24. The molecule has 1 unspecified atom stereocenters. The van der Waals surface area contributed by atoms with E-state index in [4.69, 9.17) is 4.74 Å². The van der Waals surface area contributed by atoms with E-state index in [1.165, 1.54) is 11.3 Å². The number of hydrogen-bond donors (Lipinski definition) is 1. The lowest BCUT2D eigenvalue weighted by Crippen LogP contribution is -2.22. The van der Waals surface area contributed by atoms with Crippen molar-refractivity contribution in [3.05, 3.63) is 53.9 Å². The molecular formula is C14H16N2O. The molecule has 0 aliphatic carbocycles. The van der Waals surface area contributed by atoms with Gasteiger partial charge in [0.25, 0.3) is 0 Å². The van der Waals surface area contributed by atoms with Crippen LogP contribution in [0.4, 0.5) is 0 Å². The zero-order chi connectivity index (χ0) is 11.7. The Morgan fingerprint density at radius 3 is 3.00 bits per heavy atom. The summed E-state index contributed by atoms with van der Waals surface area (Å²) in [6, 6.07) is 12.7. The normalized spacial score (nSPS) is 17.8. The number of rotatable bonds is 3. The molecule has 1 aromatic heterocycles. The average molecular weight is 228 g/mol. The van der Waals surface area contributed by atoms with Crippen LogP contribution in [0.5, 0.6) is 5.75 Å². The van der Waals surface area contributed by atoms with Crippen molar-refractivity contribution in [2.24, 2.45) is 7.05 Å². The van der Waals surface area contributed by atoms with Crippen LogP contribution in [0.25, 0.3) is 0 Å². The summed E-state index contributed by atoms with van der Waals surface area (Å²) >= 11 is 0. The molecule has 2 aromatic rings. The van der Waals surface area contributed by atoms with E-state index in [1.54, 1.807) is 0 Å². The van der Waals surface area contributed by atoms with Gasteiger partial charge in [-0.05, 0) is 18.2 Å². The first-order valence-corrected chi connectivity index (χ1v) is 5.90. The SMILES string of the molecule is Cn1cccc1CNC1COc2ccccc21. The molecule has 0 amide bonds. The topological polar surface area (TPSA) is 26.2 Å². The molecule has 1 aromatic carbocycles. The zero-order valence-corrected chi connectivity index (χ0v) is 9.89. The lowest BCUT2D eigenvalue weighted by atomic mass is 10.1. The number of aryl methyl sites for hydroxylation is 1. The minimum absolute atomic E-state index is 0.307. The van der Waals surface area contributed by atoms with Crippen molar-refractivity contribution in [1.82, 2.24) is 9.88 Å². The first kappa shape index (κ1) is 10.4. The molecule has 2 heterocycles. The highest BCUT2D eigenvalue weighted by Gasteiger charge is 2.22. The van der Waals surface area contributed by atoms with E-state index in [1.807, 2.05) is 12.1 Å². The van der Waals surface area contributed by atoms with Crippen LogP contribution < -0.4 is 10.1 Å². The van der Waals surface area contributed by atoms with Crippen molar-refractivity contribution >= 4 is 0 Å². The van der Waals surface area contributed by atoms with Crippen molar-refractivity contribution in [3.8, 4) is 5.75 Å². The van der Waals surface area contributed by atoms with Crippen LogP contribution in [-0.4, -0.2) is 11.2 Å². The second-order valence-electron chi connectivity index (χ2n) is 4.39. The van der Waals surface area contributed by atoms with Gasteiger partial charge in [-0.25, -0.2) is 0 Å². The van der Waals surface area contributed by atoms with Crippen molar-refractivity contribution < 1.29 is 4.74 Å². The van der Waals surface area contributed by atoms with E-state index < -0.39 is 0 Å². The molecule has 1 N–H and O–H groups in total. The van der Waals surface area contributed by atoms with E-state index in [0.29, 0.717) is 6.04 Å². The highest BCUT2D eigenvalue weighted by Crippen LogP contribution is 2.31. The molecule has 3 heteroatoms. The molecule has 1 aliphatic rings. The number of nitrogens with zero attached hydrogens (tertiary/aromatic N) is 1. The summed E-state index contributed by atoms with van der Waals surface area (Å²) in [5.41, 5.74) is 2.55. The summed E-state index contributed by atoms with van der Waals surface area (Å²) in [5.74, 6) is 1.01. The Hall–Kier alpha value is -1.74. The molecule has 0 saturated carbocycles. The largest absolute Gasteiger partial charge is 0.491 e. The van der Waals surface area contributed by atoms with Crippen LogP contribution in [0.15, 0.2) is 42.6 Å². The Kier molecular flexibility index (Phi) is 2.61. The third-order valence-corrected chi connectivity index (χ3v) is 3.28. The Morgan fingerprint density at radius 2 is 2.18 bits per heavy atom. The van der Waals surface area contributed by atoms with Crippen molar-refractivity contribution in [1.29, 1.82) is 0 Å². The van der Waals surface area contributed by atoms with Gasteiger partial charge in [0.2, 0.25) is 0 Å². The second kappa shape index (κ2) is 4.26. The highest BCUT2D eigenvalue weighted by atomic mass is 16.5. The van der Waals surface area contributed by atoms with Gasteiger partial charge in [0.1, 0.15) is 12.4 Å². The van der Waals surface area contributed by atoms with E-state index >= 15 is 0 Å². The molecular weight excluding hydrogens is 212 g/mol. The summed E-state index contributed by atoms with van der Waals surface area (Å²) in [6.45, 7) is 1.59. The summed E-state index contributed by atoms with van der Waals surface area (Å²) < 4.78 is 7.78. The van der Waals surface area contributed by atoms with Gasteiger partial charge < -0.3 is 14.6 Å². The van der Waals surface area contributed by atoms with E-state index in [2.05, 4.69) is 47.4 Å². The van der Waals surface area contributed by atoms with Crippen LogP contribution in [0.2, 0.25) is 0 Å². The molecule has 0 radical (unpaired) electrons. The number of ether oxygens (including phenoxy) is 1. The Balaban J connectivity index is 1.70. The molecule has 1 atom stereocenters. The van der Waals surface area contributed by atoms with Crippen molar-refractivity contribution in [2.45, 2.75) is 12.6 Å². The van der Waals surface area contributed by atoms with Gasteiger partial charge in [-0.3, -0.25) is 0 Å². The van der Waals surface area contributed by atoms with Crippen LogP contribution in [-0.2, 0) is 13.6 Å². The molecule has 0 spiro atoms. The van der Waals surface area contributed by atoms with E-state index in [9.17, 15) is 0 Å². The quantitative estimate of drug-likeness (QED) is 0.872. The van der Waals surface area contributed by atoms with Gasteiger partial charge in [-0.2, -0.15) is 0 Å². The molecule has 3 nitrogen and oxygen atoms in total. The predicted molar refractivity (Wildman–Crippen MR) is 66.9 cm³/mol. The lowest BCUT2D eigenvalue weighted by molar-refractivity contribution is 0.309. The monoisotopic (exact) mass is 228 g/mol. The summed E-state index contributed by atoms with van der Waals surface area (Å²) in [4.78, 5) is 0. The molecule has 88 valence electrons. The van der Waals surface area contributed by atoms with Crippen LogP contribution in [0, 0.1) is 0 Å².